The van der Waals surface area contributed by atoms with Gasteiger partial charge in [0.2, 0.25) is 5.91 Å². The normalized spacial score (nSPS) is 13.8. The fraction of sp³-hybridized carbons (Fsp3) is 0.750. The molecule has 0 spiro atoms. The first-order valence-corrected chi connectivity index (χ1v) is 26.2. The Hall–Kier alpha value is -2.70. The van der Waals surface area contributed by atoms with Gasteiger partial charge in [0.15, 0.2) is 0 Å². The molecule has 0 bridgehead atoms. The van der Waals surface area contributed by atoms with Crippen LogP contribution in [0.25, 0.3) is 0 Å². The van der Waals surface area contributed by atoms with Crippen molar-refractivity contribution < 1.29 is 24.5 Å². The van der Waals surface area contributed by atoms with Crippen LogP contribution in [0.2, 0.25) is 0 Å². The van der Waals surface area contributed by atoms with Crippen LogP contribution in [0, 0.1) is 0 Å². The number of allylic oxidation sites excluding steroid dienone is 12. The summed E-state index contributed by atoms with van der Waals surface area (Å²) in [5.74, 6) is -0.520. The summed E-state index contributed by atoms with van der Waals surface area (Å²) >= 11 is 0. The molecule has 0 heterocycles. The minimum absolute atomic E-state index is 0.0516. The average molecular weight is 866 g/mol. The average Bonchev–Trinajstić information content (AvgIpc) is 3.26. The highest BCUT2D eigenvalue weighted by Crippen LogP contribution is 2.17. The van der Waals surface area contributed by atoms with Crippen LogP contribution in [0.1, 0.15) is 245 Å². The van der Waals surface area contributed by atoms with Gasteiger partial charge in [-0.05, 0) is 83.5 Å². The van der Waals surface area contributed by atoms with E-state index in [2.05, 4.69) is 99.0 Å². The highest BCUT2D eigenvalue weighted by atomic mass is 16.5. The quantitative estimate of drug-likeness (QED) is 0.0245. The van der Waals surface area contributed by atoms with Gasteiger partial charge in [-0.25, -0.2) is 0 Å². The number of hydrogen-bond acceptors (Lipinski definition) is 5. The van der Waals surface area contributed by atoms with Gasteiger partial charge in [0.05, 0.1) is 25.2 Å². The van der Waals surface area contributed by atoms with E-state index in [0.717, 1.165) is 109 Å². The van der Waals surface area contributed by atoms with Gasteiger partial charge in [-0.3, -0.25) is 9.59 Å². The van der Waals surface area contributed by atoms with Gasteiger partial charge < -0.3 is 20.3 Å². The maximum atomic E-state index is 13.2. The van der Waals surface area contributed by atoms with Crippen molar-refractivity contribution in [1.29, 1.82) is 0 Å². The van der Waals surface area contributed by atoms with Crippen molar-refractivity contribution in [3.8, 4) is 0 Å². The fourth-order valence-electron chi connectivity index (χ4n) is 7.62. The Morgan fingerprint density at radius 2 is 0.935 bits per heavy atom. The van der Waals surface area contributed by atoms with E-state index in [-0.39, 0.29) is 24.9 Å². The molecule has 6 heteroatoms. The zero-order valence-corrected chi connectivity index (χ0v) is 40.7. The number of aliphatic hydroxyl groups is 2. The van der Waals surface area contributed by atoms with Crippen LogP contribution in [-0.4, -0.2) is 46.9 Å². The van der Waals surface area contributed by atoms with Gasteiger partial charge in [0.25, 0.3) is 0 Å². The molecule has 0 saturated heterocycles. The van der Waals surface area contributed by atoms with E-state index >= 15 is 0 Å². The smallest absolute Gasteiger partial charge is 0.306 e. The van der Waals surface area contributed by atoms with Crippen LogP contribution < -0.4 is 5.32 Å². The van der Waals surface area contributed by atoms with Crippen LogP contribution >= 0.6 is 0 Å². The third-order valence-corrected chi connectivity index (χ3v) is 11.6. The van der Waals surface area contributed by atoms with Crippen LogP contribution in [-0.2, 0) is 14.3 Å². The van der Waals surface area contributed by atoms with E-state index in [1.807, 2.05) is 0 Å². The van der Waals surface area contributed by atoms with Crippen molar-refractivity contribution >= 4 is 11.9 Å². The highest BCUT2D eigenvalue weighted by molar-refractivity contribution is 5.77. The van der Waals surface area contributed by atoms with Crippen molar-refractivity contribution in [1.82, 2.24) is 5.32 Å². The number of carbonyl (C=O) groups is 2. The molecule has 0 aromatic rings. The first-order valence-electron chi connectivity index (χ1n) is 26.2. The Kier molecular flexibility index (Phi) is 47.2. The summed E-state index contributed by atoms with van der Waals surface area (Å²) in [4.78, 5) is 26.2. The molecular formula is C56H99NO5. The highest BCUT2D eigenvalue weighted by Gasteiger charge is 2.24. The monoisotopic (exact) mass is 866 g/mol. The lowest BCUT2D eigenvalue weighted by Gasteiger charge is -2.24. The first-order chi connectivity index (χ1) is 30.5. The Labute approximate surface area is 383 Å². The maximum Gasteiger partial charge on any atom is 0.306 e. The number of unbranched alkanes of at least 4 members (excludes halogenated alkanes) is 24. The molecule has 0 rings (SSSR count). The number of rotatable bonds is 46. The number of hydrogen-bond donors (Lipinski definition) is 3. The van der Waals surface area contributed by atoms with Gasteiger partial charge in [-0.2, -0.15) is 0 Å². The molecule has 1 amide bonds. The minimum Gasteiger partial charge on any atom is -0.462 e. The third kappa shape index (κ3) is 43.9. The van der Waals surface area contributed by atoms with E-state index in [9.17, 15) is 19.8 Å². The summed E-state index contributed by atoms with van der Waals surface area (Å²) in [7, 11) is 0. The zero-order chi connectivity index (χ0) is 45.2. The molecule has 0 saturated carbocycles. The summed E-state index contributed by atoms with van der Waals surface area (Å²) in [5, 5.41) is 23.7. The Balaban J connectivity index is 4.65. The first kappa shape index (κ1) is 59.3. The van der Waals surface area contributed by atoms with Gasteiger partial charge in [-0.1, -0.05) is 222 Å². The molecule has 0 aliphatic carbocycles. The second-order valence-corrected chi connectivity index (χ2v) is 17.6. The lowest BCUT2D eigenvalue weighted by molar-refractivity contribution is -0.151. The number of carbonyl (C=O) groups excluding carboxylic acids is 2. The van der Waals surface area contributed by atoms with Crippen molar-refractivity contribution in [3.05, 3.63) is 72.9 Å². The SMILES string of the molecule is CC/C=C/C/C=C/C/C=C/CCCCCCC(CC(=O)NC(CO)C(O)CCCCCCCCCCCCC)OC(=O)CCCCCCC/C=C/C=C/C=C/CCCCCCC. The molecule has 358 valence electrons. The molecule has 0 fully saturated rings. The van der Waals surface area contributed by atoms with Gasteiger partial charge in [0.1, 0.15) is 6.10 Å². The summed E-state index contributed by atoms with van der Waals surface area (Å²) in [6.45, 7) is 6.34. The molecular weight excluding hydrogens is 767 g/mol. The lowest BCUT2D eigenvalue weighted by atomic mass is 10.0. The van der Waals surface area contributed by atoms with Crippen molar-refractivity contribution in [3.63, 3.8) is 0 Å². The third-order valence-electron chi connectivity index (χ3n) is 11.6. The summed E-state index contributed by atoms with van der Waals surface area (Å²) < 4.78 is 5.92. The van der Waals surface area contributed by atoms with Crippen molar-refractivity contribution in [2.24, 2.45) is 0 Å². The Morgan fingerprint density at radius 1 is 0.500 bits per heavy atom. The Morgan fingerprint density at radius 3 is 1.45 bits per heavy atom. The Bertz CT molecular complexity index is 1150. The minimum atomic E-state index is -0.800. The largest absolute Gasteiger partial charge is 0.462 e. The molecule has 3 unspecified atom stereocenters. The number of amides is 1. The summed E-state index contributed by atoms with van der Waals surface area (Å²) in [6.07, 6.45) is 62.4. The molecule has 3 atom stereocenters. The fourth-order valence-corrected chi connectivity index (χ4v) is 7.62. The molecule has 0 radical (unpaired) electrons. The molecule has 3 N–H and O–H groups in total. The topological polar surface area (TPSA) is 95.9 Å². The van der Waals surface area contributed by atoms with Crippen LogP contribution in [0.5, 0.6) is 0 Å². The van der Waals surface area contributed by atoms with Gasteiger partial charge in [0, 0.05) is 6.42 Å². The predicted octanol–water partition coefficient (Wildman–Crippen LogP) is 15.8. The van der Waals surface area contributed by atoms with Gasteiger partial charge in [-0.15, -0.1) is 0 Å². The summed E-state index contributed by atoms with van der Waals surface area (Å²) in [5.41, 5.74) is 0. The number of esters is 1. The van der Waals surface area contributed by atoms with Crippen LogP contribution in [0.15, 0.2) is 72.9 Å². The molecule has 0 aliphatic heterocycles. The molecule has 6 nitrogen and oxygen atoms in total. The van der Waals surface area contributed by atoms with E-state index in [4.69, 9.17) is 4.74 Å². The van der Waals surface area contributed by atoms with Crippen molar-refractivity contribution in [2.45, 2.75) is 264 Å². The second kappa shape index (κ2) is 49.3. The standard InChI is InChI=1S/C56H99NO5/c1-4-7-10-13-16-19-22-24-26-27-28-29-31-34-37-40-43-46-49-56(61)62-52(47-44-41-38-35-33-30-25-23-20-17-14-11-8-5-2)50-55(60)57-53(51-58)54(59)48-45-42-39-36-32-21-18-15-12-9-6-3/h8,11,17,20,22,24-30,52-54,58-59H,4-7,9-10,12-16,18-19,21,23,31-51H2,1-3H3,(H,57,60)/b11-8+,20-17+,24-22+,27-26+,29-28+,30-25+. The molecule has 62 heavy (non-hydrogen) atoms. The van der Waals surface area contributed by atoms with E-state index in [1.165, 1.54) is 89.9 Å². The predicted molar refractivity (Wildman–Crippen MR) is 268 cm³/mol. The molecule has 0 aliphatic rings. The zero-order valence-electron chi connectivity index (χ0n) is 40.7. The second-order valence-electron chi connectivity index (χ2n) is 17.6. The van der Waals surface area contributed by atoms with E-state index in [0.29, 0.717) is 19.3 Å². The number of nitrogens with one attached hydrogen (secondary N) is 1. The van der Waals surface area contributed by atoms with E-state index < -0.39 is 18.2 Å². The lowest BCUT2D eigenvalue weighted by Crippen LogP contribution is -2.46. The number of aliphatic hydroxyl groups excluding tert-OH is 2. The van der Waals surface area contributed by atoms with Gasteiger partial charge >= 0.3 is 5.97 Å². The van der Waals surface area contributed by atoms with Crippen LogP contribution in [0.3, 0.4) is 0 Å². The number of ether oxygens (including phenoxy) is 1. The molecule has 0 aromatic heterocycles. The molecule has 0 aromatic carbocycles. The van der Waals surface area contributed by atoms with E-state index in [1.54, 1.807) is 0 Å². The maximum absolute atomic E-state index is 13.2. The summed E-state index contributed by atoms with van der Waals surface area (Å²) in [6, 6.07) is -0.716. The van der Waals surface area contributed by atoms with Crippen molar-refractivity contribution in [2.75, 3.05) is 6.61 Å². The van der Waals surface area contributed by atoms with Crippen LogP contribution in [0.4, 0.5) is 0 Å².